The van der Waals surface area contributed by atoms with Crippen LogP contribution in [0, 0.1) is 13.8 Å². The number of hydrogen-bond acceptors (Lipinski definition) is 2. The molecule has 0 N–H and O–H groups in total. The molecule has 15 heavy (non-hydrogen) atoms. The van der Waals surface area contributed by atoms with E-state index in [0.29, 0.717) is 6.42 Å². The number of carbonyl (C=O) groups excluding carboxylic acids is 1. The minimum absolute atomic E-state index is 0.156. The van der Waals surface area contributed by atoms with E-state index in [9.17, 15) is 4.79 Å². The molecular formula is C13H14O2. The summed E-state index contributed by atoms with van der Waals surface area (Å²) in [7, 11) is 0. The number of fused-ring (bicyclic) bond motifs is 1. The third-order valence-electron chi connectivity index (χ3n) is 2.82. The van der Waals surface area contributed by atoms with Crippen LogP contribution >= 0.6 is 0 Å². The van der Waals surface area contributed by atoms with Crippen LogP contribution in [0.2, 0.25) is 0 Å². The topological polar surface area (TPSA) is 30.2 Å². The second-order valence-electron chi connectivity index (χ2n) is 3.77. The molecule has 1 heterocycles. The number of furan rings is 1. The summed E-state index contributed by atoms with van der Waals surface area (Å²) in [6.07, 6.45) is 0.532. The maximum Gasteiger partial charge on any atom is 0.162 e. The predicted molar refractivity (Wildman–Crippen MR) is 60.3 cm³/mol. The van der Waals surface area contributed by atoms with Crippen molar-refractivity contribution in [1.29, 1.82) is 0 Å². The van der Waals surface area contributed by atoms with Gasteiger partial charge in [-0.1, -0.05) is 19.1 Å². The summed E-state index contributed by atoms with van der Waals surface area (Å²) < 4.78 is 5.58. The first-order valence-corrected chi connectivity index (χ1v) is 5.16. The molecule has 0 aliphatic carbocycles. The van der Waals surface area contributed by atoms with E-state index in [2.05, 4.69) is 0 Å². The number of aryl methyl sites for hydroxylation is 2. The zero-order valence-corrected chi connectivity index (χ0v) is 9.26. The molecule has 2 nitrogen and oxygen atoms in total. The fourth-order valence-electron chi connectivity index (χ4n) is 1.73. The van der Waals surface area contributed by atoms with Crippen LogP contribution in [0.15, 0.2) is 22.6 Å². The van der Waals surface area contributed by atoms with Crippen molar-refractivity contribution in [2.45, 2.75) is 27.2 Å². The van der Waals surface area contributed by atoms with Crippen LogP contribution in [0.3, 0.4) is 0 Å². The molecule has 1 aromatic heterocycles. The average molecular weight is 202 g/mol. The van der Waals surface area contributed by atoms with Crippen molar-refractivity contribution in [3.63, 3.8) is 0 Å². The fourth-order valence-corrected chi connectivity index (χ4v) is 1.73. The van der Waals surface area contributed by atoms with E-state index in [-0.39, 0.29) is 5.78 Å². The Kier molecular flexibility index (Phi) is 2.35. The molecule has 1 aromatic carbocycles. The van der Waals surface area contributed by atoms with E-state index in [1.165, 1.54) is 0 Å². The maximum absolute atomic E-state index is 11.5. The highest BCUT2D eigenvalue weighted by atomic mass is 16.3. The van der Waals surface area contributed by atoms with Gasteiger partial charge in [-0.25, -0.2) is 0 Å². The van der Waals surface area contributed by atoms with Crippen molar-refractivity contribution >= 4 is 16.8 Å². The van der Waals surface area contributed by atoms with Crippen LogP contribution in [0.4, 0.5) is 0 Å². The number of rotatable bonds is 2. The lowest BCUT2D eigenvalue weighted by Gasteiger charge is -1.97. The number of carbonyl (C=O) groups is 1. The Labute approximate surface area is 88.9 Å². The molecule has 0 saturated carbocycles. The van der Waals surface area contributed by atoms with Crippen molar-refractivity contribution in [3.8, 4) is 0 Å². The van der Waals surface area contributed by atoms with E-state index >= 15 is 0 Å². The van der Waals surface area contributed by atoms with Crippen LogP contribution < -0.4 is 0 Å². The van der Waals surface area contributed by atoms with Crippen LogP contribution in [-0.2, 0) is 0 Å². The molecule has 0 spiro atoms. The molecule has 0 aliphatic heterocycles. The van der Waals surface area contributed by atoms with Gasteiger partial charge in [-0.05, 0) is 25.5 Å². The lowest BCUT2D eigenvalue weighted by molar-refractivity contribution is 0.0988. The van der Waals surface area contributed by atoms with Crippen LogP contribution in [0.25, 0.3) is 11.0 Å². The molecule has 0 bridgehead atoms. The minimum atomic E-state index is 0.156. The smallest absolute Gasteiger partial charge is 0.162 e. The second kappa shape index (κ2) is 3.54. The van der Waals surface area contributed by atoms with E-state index in [1.807, 2.05) is 39.0 Å². The zero-order chi connectivity index (χ0) is 11.0. The Balaban J connectivity index is 2.62. The Morgan fingerprint density at radius 2 is 2.07 bits per heavy atom. The van der Waals surface area contributed by atoms with Crippen molar-refractivity contribution in [1.82, 2.24) is 0 Å². The van der Waals surface area contributed by atoms with Gasteiger partial charge in [-0.2, -0.15) is 0 Å². The van der Waals surface area contributed by atoms with Gasteiger partial charge in [0.1, 0.15) is 11.3 Å². The van der Waals surface area contributed by atoms with E-state index in [4.69, 9.17) is 4.42 Å². The highest BCUT2D eigenvalue weighted by molar-refractivity contribution is 5.99. The fraction of sp³-hybridized carbons (Fsp3) is 0.308. The lowest BCUT2D eigenvalue weighted by Crippen LogP contribution is -1.95. The first-order chi connectivity index (χ1) is 7.13. The summed E-state index contributed by atoms with van der Waals surface area (Å²) in [6.45, 7) is 5.84. The van der Waals surface area contributed by atoms with Crippen molar-refractivity contribution in [2.75, 3.05) is 0 Å². The van der Waals surface area contributed by atoms with Gasteiger partial charge in [0.05, 0.1) is 0 Å². The van der Waals surface area contributed by atoms with Gasteiger partial charge < -0.3 is 4.42 Å². The normalized spacial score (nSPS) is 10.9. The first kappa shape index (κ1) is 9.97. The summed E-state index contributed by atoms with van der Waals surface area (Å²) in [4.78, 5) is 11.5. The van der Waals surface area contributed by atoms with Gasteiger partial charge in [0.2, 0.25) is 0 Å². The van der Waals surface area contributed by atoms with Gasteiger partial charge in [-0.15, -0.1) is 0 Å². The predicted octanol–water partition coefficient (Wildman–Crippen LogP) is 3.64. The Morgan fingerprint density at radius 1 is 1.33 bits per heavy atom. The standard InChI is InChI=1S/C13H14O2/c1-4-12(14)10-5-6-11-8(2)9(3)15-13(11)7-10/h5-7H,4H2,1-3H3. The maximum atomic E-state index is 11.5. The summed E-state index contributed by atoms with van der Waals surface area (Å²) in [6, 6.07) is 5.67. The minimum Gasteiger partial charge on any atom is -0.461 e. The SMILES string of the molecule is CCC(=O)c1ccc2c(C)c(C)oc2c1. The molecular weight excluding hydrogens is 188 g/mol. The van der Waals surface area contributed by atoms with Crippen LogP contribution in [0.1, 0.15) is 35.0 Å². The molecule has 0 saturated heterocycles. The highest BCUT2D eigenvalue weighted by Gasteiger charge is 2.09. The molecule has 78 valence electrons. The Hall–Kier alpha value is -1.57. The van der Waals surface area contributed by atoms with E-state index < -0.39 is 0 Å². The van der Waals surface area contributed by atoms with Crippen molar-refractivity contribution < 1.29 is 9.21 Å². The monoisotopic (exact) mass is 202 g/mol. The highest BCUT2D eigenvalue weighted by Crippen LogP contribution is 2.25. The molecule has 2 heteroatoms. The summed E-state index contributed by atoms with van der Waals surface area (Å²) >= 11 is 0. The Morgan fingerprint density at radius 3 is 2.73 bits per heavy atom. The van der Waals surface area contributed by atoms with Gasteiger partial charge in [0, 0.05) is 17.4 Å². The van der Waals surface area contributed by atoms with Crippen LogP contribution in [0.5, 0.6) is 0 Å². The molecule has 2 rings (SSSR count). The van der Waals surface area contributed by atoms with Gasteiger partial charge in [0.15, 0.2) is 5.78 Å². The Bertz CT molecular complexity index is 521. The molecule has 0 amide bonds. The third-order valence-corrected chi connectivity index (χ3v) is 2.82. The van der Waals surface area contributed by atoms with Crippen LogP contribution in [-0.4, -0.2) is 5.78 Å². The largest absolute Gasteiger partial charge is 0.461 e. The third kappa shape index (κ3) is 1.56. The first-order valence-electron chi connectivity index (χ1n) is 5.16. The van der Waals surface area contributed by atoms with Gasteiger partial charge in [0.25, 0.3) is 0 Å². The molecule has 0 aliphatic rings. The van der Waals surface area contributed by atoms with Gasteiger partial charge >= 0.3 is 0 Å². The molecule has 0 atom stereocenters. The summed E-state index contributed by atoms with van der Waals surface area (Å²) in [5.74, 6) is 1.08. The lowest BCUT2D eigenvalue weighted by atomic mass is 10.1. The number of Topliss-reactive ketones (excluding diaryl/α,β-unsaturated/α-hetero) is 1. The number of ketones is 1. The molecule has 0 radical (unpaired) electrons. The van der Waals surface area contributed by atoms with E-state index in [0.717, 1.165) is 27.9 Å². The average Bonchev–Trinajstić information content (AvgIpc) is 2.53. The zero-order valence-electron chi connectivity index (χ0n) is 9.26. The quantitative estimate of drug-likeness (QED) is 0.696. The number of hydrogen-bond donors (Lipinski definition) is 0. The molecule has 0 unspecified atom stereocenters. The van der Waals surface area contributed by atoms with E-state index in [1.54, 1.807) is 0 Å². The summed E-state index contributed by atoms with van der Waals surface area (Å²) in [5.41, 5.74) is 2.70. The van der Waals surface area contributed by atoms with Crippen molar-refractivity contribution in [2.24, 2.45) is 0 Å². The summed E-state index contributed by atoms with van der Waals surface area (Å²) in [5, 5.41) is 1.10. The number of benzene rings is 1. The molecule has 2 aromatic rings. The van der Waals surface area contributed by atoms with Gasteiger partial charge in [-0.3, -0.25) is 4.79 Å². The van der Waals surface area contributed by atoms with Crippen molar-refractivity contribution in [3.05, 3.63) is 35.1 Å². The molecule has 0 fully saturated rings. The second-order valence-corrected chi connectivity index (χ2v) is 3.77.